The number of nitrogens with one attached hydrogen (secondary N) is 1. The SMILES string of the molecule is COc1ccc2c(c1)CCCC2NC1CCC(CO)CC1. The van der Waals surface area contributed by atoms with Gasteiger partial charge in [-0.15, -0.1) is 0 Å². The second-order valence-corrected chi connectivity index (χ2v) is 6.58. The van der Waals surface area contributed by atoms with Crippen molar-refractivity contribution in [3.63, 3.8) is 0 Å². The molecule has 1 aromatic carbocycles. The van der Waals surface area contributed by atoms with Crippen LogP contribution in [0.4, 0.5) is 0 Å². The highest BCUT2D eigenvalue weighted by atomic mass is 16.5. The minimum atomic E-state index is 0.360. The molecule has 0 saturated heterocycles. The maximum Gasteiger partial charge on any atom is 0.119 e. The Balaban J connectivity index is 1.65. The molecule has 0 aromatic heterocycles. The molecule has 116 valence electrons. The van der Waals surface area contributed by atoms with E-state index in [0.29, 0.717) is 24.6 Å². The summed E-state index contributed by atoms with van der Waals surface area (Å²) >= 11 is 0. The van der Waals surface area contributed by atoms with Crippen molar-refractivity contribution in [2.75, 3.05) is 13.7 Å². The topological polar surface area (TPSA) is 41.5 Å². The third-order valence-electron chi connectivity index (χ3n) is 5.21. The third-order valence-corrected chi connectivity index (χ3v) is 5.21. The summed E-state index contributed by atoms with van der Waals surface area (Å²) in [6, 6.07) is 7.64. The lowest BCUT2D eigenvalue weighted by Crippen LogP contribution is -2.37. The molecule has 2 aliphatic rings. The second-order valence-electron chi connectivity index (χ2n) is 6.58. The Bertz CT molecular complexity index is 466. The molecule has 2 N–H and O–H groups in total. The summed E-state index contributed by atoms with van der Waals surface area (Å²) in [5.74, 6) is 1.50. The van der Waals surface area contributed by atoms with Crippen LogP contribution in [0.5, 0.6) is 5.75 Å². The van der Waals surface area contributed by atoms with Crippen LogP contribution in [0.25, 0.3) is 0 Å². The third kappa shape index (κ3) is 3.41. The maximum absolute atomic E-state index is 9.25. The highest BCUT2D eigenvalue weighted by Crippen LogP contribution is 2.34. The van der Waals surface area contributed by atoms with Crippen molar-refractivity contribution in [3.05, 3.63) is 29.3 Å². The highest BCUT2D eigenvalue weighted by molar-refractivity contribution is 5.39. The number of benzene rings is 1. The molecule has 0 heterocycles. The van der Waals surface area contributed by atoms with Crippen molar-refractivity contribution >= 4 is 0 Å². The average molecular weight is 289 g/mol. The zero-order valence-corrected chi connectivity index (χ0v) is 13.0. The van der Waals surface area contributed by atoms with E-state index in [0.717, 1.165) is 18.6 Å². The lowest BCUT2D eigenvalue weighted by atomic mass is 9.83. The van der Waals surface area contributed by atoms with E-state index in [1.54, 1.807) is 7.11 Å². The fourth-order valence-corrected chi connectivity index (χ4v) is 3.89. The minimum absolute atomic E-state index is 0.360. The van der Waals surface area contributed by atoms with Crippen LogP contribution in [0.15, 0.2) is 18.2 Å². The maximum atomic E-state index is 9.25. The number of ether oxygens (including phenoxy) is 1. The van der Waals surface area contributed by atoms with Gasteiger partial charge in [-0.05, 0) is 74.1 Å². The average Bonchev–Trinajstić information content (AvgIpc) is 2.55. The van der Waals surface area contributed by atoms with E-state index >= 15 is 0 Å². The van der Waals surface area contributed by atoms with E-state index in [9.17, 15) is 5.11 Å². The first-order chi connectivity index (χ1) is 10.3. The Hall–Kier alpha value is -1.06. The first-order valence-electron chi connectivity index (χ1n) is 8.34. The van der Waals surface area contributed by atoms with Crippen LogP contribution in [-0.2, 0) is 6.42 Å². The van der Waals surface area contributed by atoms with Gasteiger partial charge < -0.3 is 15.2 Å². The number of fused-ring (bicyclic) bond motifs is 1. The van der Waals surface area contributed by atoms with Gasteiger partial charge in [-0.1, -0.05) is 6.07 Å². The van der Waals surface area contributed by atoms with Crippen molar-refractivity contribution in [2.24, 2.45) is 5.92 Å². The number of hydrogen-bond donors (Lipinski definition) is 2. The van der Waals surface area contributed by atoms with E-state index in [1.165, 1.54) is 43.2 Å². The molecule has 3 nitrogen and oxygen atoms in total. The molecule has 1 atom stereocenters. The molecule has 2 aliphatic carbocycles. The highest BCUT2D eigenvalue weighted by Gasteiger charge is 2.26. The van der Waals surface area contributed by atoms with Crippen LogP contribution in [0.2, 0.25) is 0 Å². The van der Waals surface area contributed by atoms with Gasteiger partial charge in [0, 0.05) is 18.7 Å². The number of aliphatic hydroxyl groups is 1. The van der Waals surface area contributed by atoms with E-state index < -0.39 is 0 Å². The van der Waals surface area contributed by atoms with Crippen LogP contribution < -0.4 is 10.1 Å². The van der Waals surface area contributed by atoms with Gasteiger partial charge in [0.2, 0.25) is 0 Å². The number of hydrogen-bond acceptors (Lipinski definition) is 3. The monoisotopic (exact) mass is 289 g/mol. The van der Waals surface area contributed by atoms with Crippen LogP contribution in [-0.4, -0.2) is 24.9 Å². The molecule has 21 heavy (non-hydrogen) atoms. The normalized spacial score (nSPS) is 29.0. The van der Waals surface area contributed by atoms with Gasteiger partial charge in [-0.25, -0.2) is 0 Å². The Morgan fingerprint density at radius 2 is 2.00 bits per heavy atom. The summed E-state index contributed by atoms with van der Waals surface area (Å²) in [4.78, 5) is 0. The first kappa shape index (κ1) is 14.9. The molecular formula is C18H27NO2. The second kappa shape index (κ2) is 6.80. The lowest BCUT2D eigenvalue weighted by molar-refractivity contribution is 0.170. The molecule has 1 fully saturated rings. The van der Waals surface area contributed by atoms with Gasteiger partial charge in [0.1, 0.15) is 5.75 Å². The summed E-state index contributed by atoms with van der Waals surface area (Å²) in [5, 5.41) is 13.1. The predicted molar refractivity (Wildman–Crippen MR) is 84.6 cm³/mol. The van der Waals surface area contributed by atoms with Crippen LogP contribution in [0.1, 0.15) is 55.7 Å². The zero-order valence-electron chi connectivity index (χ0n) is 13.0. The molecule has 0 bridgehead atoms. The van der Waals surface area contributed by atoms with Crippen LogP contribution >= 0.6 is 0 Å². The quantitative estimate of drug-likeness (QED) is 0.894. The summed E-state index contributed by atoms with van der Waals surface area (Å²) in [7, 11) is 1.74. The first-order valence-corrected chi connectivity index (χ1v) is 8.34. The fraction of sp³-hybridized carbons (Fsp3) is 0.667. The molecule has 3 heteroatoms. The standard InChI is InChI=1S/C18H27NO2/c1-21-16-9-10-17-14(11-16)3-2-4-18(17)19-15-7-5-13(12-20)6-8-15/h9-11,13,15,18-20H,2-8,12H2,1H3. The fourth-order valence-electron chi connectivity index (χ4n) is 3.89. The van der Waals surface area contributed by atoms with Gasteiger partial charge in [-0.2, -0.15) is 0 Å². The Labute approximate surface area is 127 Å². The van der Waals surface area contributed by atoms with Gasteiger partial charge >= 0.3 is 0 Å². The zero-order chi connectivity index (χ0) is 14.7. The Morgan fingerprint density at radius 3 is 2.71 bits per heavy atom. The van der Waals surface area contributed by atoms with Crippen molar-refractivity contribution in [3.8, 4) is 5.75 Å². The van der Waals surface area contributed by atoms with Crippen LogP contribution in [0, 0.1) is 5.92 Å². The molecule has 1 saturated carbocycles. The lowest BCUT2D eigenvalue weighted by Gasteiger charge is -2.34. The number of aryl methyl sites for hydroxylation is 1. The van der Waals surface area contributed by atoms with Crippen molar-refractivity contribution in [1.82, 2.24) is 5.32 Å². The summed E-state index contributed by atoms with van der Waals surface area (Å²) in [6.07, 6.45) is 8.39. The van der Waals surface area contributed by atoms with Crippen molar-refractivity contribution in [2.45, 2.75) is 57.0 Å². The molecule has 0 radical (unpaired) electrons. The number of aliphatic hydroxyl groups excluding tert-OH is 1. The Kier molecular flexibility index (Phi) is 4.81. The molecule has 3 rings (SSSR count). The molecule has 1 aromatic rings. The smallest absolute Gasteiger partial charge is 0.119 e. The molecule has 0 aliphatic heterocycles. The minimum Gasteiger partial charge on any atom is -0.497 e. The van der Waals surface area contributed by atoms with Crippen LogP contribution in [0.3, 0.4) is 0 Å². The van der Waals surface area contributed by atoms with Crippen molar-refractivity contribution < 1.29 is 9.84 Å². The molecule has 0 spiro atoms. The van der Waals surface area contributed by atoms with Crippen molar-refractivity contribution in [1.29, 1.82) is 0 Å². The van der Waals surface area contributed by atoms with Gasteiger partial charge in [0.15, 0.2) is 0 Å². The van der Waals surface area contributed by atoms with E-state index in [4.69, 9.17) is 4.74 Å². The van der Waals surface area contributed by atoms with Gasteiger partial charge in [0.05, 0.1) is 7.11 Å². The predicted octanol–water partition coefficient (Wildman–Crippen LogP) is 3.21. The van der Waals surface area contributed by atoms with E-state index in [-0.39, 0.29) is 0 Å². The summed E-state index contributed by atoms with van der Waals surface area (Å²) in [5.41, 5.74) is 2.91. The molecule has 0 amide bonds. The Morgan fingerprint density at radius 1 is 1.19 bits per heavy atom. The number of rotatable bonds is 4. The van der Waals surface area contributed by atoms with E-state index in [2.05, 4.69) is 23.5 Å². The van der Waals surface area contributed by atoms with E-state index in [1.807, 2.05) is 0 Å². The summed E-state index contributed by atoms with van der Waals surface area (Å²) in [6.45, 7) is 0.360. The van der Waals surface area contributed by atoms with Gasteiger partial charge in [-0.3, -0.25) is 0 Å². The van der Waals surface area contributed by atoms with Gasteiger partial charge in [0.25, 0.3) is 0 Å². The largest absolute Gasteiger partial charge is 0.497 e. The summed E-state index contributed by atoms with van der Waals surface area (Å²) < 4.78 is 5.35. The number of methoxy groups -OCH3 is 1. The molecule has 1 unspecified atom stereocenters. The molecular weight excluding hydrogens is 262 g/mol.